The summed E-state index contributed by atoms with van der Waals surface area (Å²) < 4.78 is 20.4. The highest BCUT2D eigenvalue weighted by atomic mass is 16.7. The monoisotopic (exact) mass is 382 g/mol. The van der Waals surface area contributed by atoms with Crippen LogP contribution < -0.4 is 14.8 Å². The van der Waals surface area contributed by atoms with Gasteiger partial charge in [0.25, 0.3) is 5.91 Å². The first kappa shape index (κ1) is 22.2. The van der Waals surface area contributed by atoms with Gasteiger partial charge in [-0.15, -0.1) is 0 Å². The van der Waals surface area contributed by atoms with Crippen molar-refractivity contribution >= 4 is 17.8 Å². The molecule has 1 unspecified atom stereocenters. The third kappa shape index (κ3) is 7.93. The van der Waals surface area contributed by atoms with E-state index >= 15 is 0 Å². The van der Waals surface area contributed by atoms with Gasteiger partial charge in [0.1, 0.15) is 6.54 Å². The average Bonchev–Trinajstić information content (AvgIpc) is 2.64. The largest absolute Gasteiger partial charge is 0.493 e. The predicted molar refractivity (Wildman–Crippen MR) is 95.5 cm³/mol. The Morgan fingerprint density at radius 3 is 2.67 bits per heavy atom. The molecule has 0 bridgehead atoms. The molecule has 1 rings (SSSR count). The molecule has 0 aliphatic heterocycles. The zero-order valence-corrected chi connectivity index (χ0v) is 16.1. The molecule has 1 aromatic rings. The summed E-state index contributed by atoms with van der Waals surface area (Å²) in [6.45, 7) is 4.37. The van der Waals surface area contributed by atoms with Crippen LogP contribution in [0.5, 0.6) is 11.5 Å². The number of amides is 1. The smallest absolute Gasteiger partial charge is 0.325 e. The number of rotatable bonds is 11. The number of nitrogens with zero attached hydrogens (tertiary/aromatic N) is 1. The summed E-state index contributed by atoms with van der Waals surface area (Å²) in [7, 11) is 1.39. The SMILES string of the molecule is CCCCC(C)OC(=O)CNC(=O)c1nccc(OC)c1OCOC(C)=O. The number of methoxy groups -OCH3 is 1. The van der Waals surface area contributed by atoms with E-state index in [1.807, 2.05) is 0 Å². The quantitative estimate of drug-likeness (QED) is 0.456. The lowest BCUT2D eigenvalue weighted by atomic mass is 10.2. The Bertz CT molecular complexity index is 649. The van der Waals surface area contributed by atoms with Crippen LogP contribution in [0.15, 0.2) is 12.3 Å². The number of carbonyl (C=O) groups is 3. The summed E-state index contributed by atoms with van der Waals surface area (Å²) in [6, 6.07) is 1.49. The Morgan fingerprint density at radius 1 is 1.30 bits per heavy atom. The Labute approximate surface area is 158 Å². The van der Waals surface area contributed by atoms with Gasteiger partial charge in [-0.2, -0.15) is 0 Å². The Kier molecular flexibility index (Phi) is 9.63. The van der Waals surface area contributed by atoms with E-state index in [1.54, 1.807) is 6.92 Å². The number of pyridine rings is 1. The first-order valence-electron chi connectivity index (χ1n) is 8.65. The van der Waals surface area contributed by atoms with Crippen LogP contribution >= 0.6 is 0 Å². The molecule has 1 aromatic heterocycles. The van der Waals surface area contributed by atoms with E-state index in [2.05, 4.69) is 17.2 Å². The summed E-state index contributed by atoms with van der Waals surface area (Å²) in [4.78, 5) is 39.0. The van der Waals surface area contributed by atoms with Crippen molar-refractivity contribution in [2.75, 3.05) is 20.4 Å². The minimum absolute atomic E-state index is 0.00318. The van der Waals surface area contributed by atoms with Crippen LogP contribution in [0, 0.1) is 0 Å². The Hall–Kier alpha value is -2.84. The maximum atomic E-state index is 12.4. The summed E-state index contributed by atoms with van der Waals surface area (Å²) in [5.41, 5.74) is -0.103. The number of aromatic nitrogens is 1. The maximum Gasteiger partial charge on any atom is 0.325 e. The standard InChI is InChI=1S/C18H26N2O7/c1-5-6-7-12(2)27-15(22)10-20-18(23)16-17(26-11-25-13(3)21)14(24-4)8-9-19-16/h8-9,12H,5-7,10-11H2,1-4H3,(H,20,23). The molecule has 150 valence electrons. The van der Waals surface area contributed by atoms with E-state index in [0.29, 0.717) is 0 Å². The molecule has 9 nitrogen and oxygen atoms in total. The van der Waals surface area contributed by atoms with Crippen molar-refractivity contribution in [2.45, 2.75) is 46.1 Å². The van der Waals surface area contributed by atoms with Crippen LogP contribution in [0.4, 0.5) is 0 Å². The molecule has 1 heterocycles. The second-order valence-electron chi connectivity index (χ2n) is 5.71. The lowest BCUT2D eigenvalue weighted by molar-refractivity contribution is -0.148. The van der Waals surface area contributed by atoms with Crippen LogP contribution in [-0.4, -0.2) is 49.4 Å². The van der Waals surface area contributed by atoms with Crippen molar-refractivity contribution in [1.82, 2.24) is 10.3 Å². The van der Waals surface area contributed by atoms with Crippen molar-refractivity contribution in [1.29, 1.82) is 0 Å². The minimum atomic E-state index is -0.648. The number of hydrogen-bond donors (Lipinski definition) is 1. The van der Waals surface area contributed by atoms with Crippen LogP contribution in [0.2, 0.25) is 0 Å². The van der Waals surface area contributed by atoms with Crippen LogP contribution in [0.1, 0.15) is 50.5 Å². The molecule has 0 saturated heterocycles. The van der Waals surface area contributed by atoms with Crippen LogP contribution in [0.3, 0.4) is 0 Å². The second kappa shape index (κ2) is 11.7. The van der Waals surface area contributed by atoms with E-state index in [-0.39, 0.29) is 29.8 Å². The fourth-order valence-corrected chi connectivity index (χ4v) is 2.12. The molecule has 0 aliphatic rings. The molecule has 27 heavy (non-hydrogen) atoms. The van der Waals surface area contributed by atoms with Gasteiger partial charge in [-0.3, -0.25) is 14.4 Å². The fourth-order valence-electron chi connectivity index (χ4n) is 2.12. The number of unbranched alkanes of at least 4 members (excludes halogenated alkanes) is 1. The molecular weight excluding hydrogens is 356 g/mol. The van der Waals surface area contributed by atoms with E-state index in [4.69, 9.17) is 18.9 Å². The van der Waals surface area contributed by atoms with E-state index < -0.39 is 24.6 Å². The highest BCUT2D eigenvalue weighted by Gasteiger charge is 2.20. The van der Waals surface area contributed by atoms with E-state index in [9.17, 15) is 14.4 Å². The van der Waals surface area contributed by atoms with Crippen LogP contribution in [0.25, 0.3) is 0 Å². The maximum absolute atomic E-state index is 12.4. The summed E-state index contributed by atoms with van der Waals surface area (Å²) in [6.07, 6.45) is 3.87. The van der Waals surface area contributed by atoms with Gasteiger partial charge < -0.3 is 24.3 Å². The van der Waals surface area contributed by atoms with E-state index in [1.165, 1.54) is 26.3 Å². The van der Waals surface area contributed by atoms with Crippen molar-refractivity contribution < 1.29 is 33.3 Å². The number of hydrogen-bond acceptors (Lipinski definition) is 8. The van der Waals surface area contributed by atoms with Crippen LogP contribution in [-0.2, 0) is 19.1 Å². The molecule has 0 spiro atoms. The summed E-state index contributed by atoms with van der Waals surface area (Å²) in [5, 5.41) is 2.43. The fraction of sp³-hybridized carbons (Fsp3) is 0.556. The number of carbonyl (C=O) groups excluding carboxylic acids is 3. The van der Waals surface area contributed by atoms with Crippen molar-refractivity contribution in [3.63, 3.8) is 0 Å². The minimum Gasteiger partial charge on any atom is -0.493 e. The van der Waals surface area contributed by atoms with E-state index in [0.717, 1.165) is 19.3 Å². The van der Waals surface area contributed by atoms with Crippen molar-refractivity contribution in [3.8, 4) is 11.5 Å². The van der Waals surface area contributed by atoms with Gasteiger partial charge >= 0.3 is 11.9 Å². The van der Waals surface area contributed by atoms with Gasteiger partial charge in [0.05, 0.1) is 13.2 Å². The highest BCUT2D eigenvalue weighted by Crippen LogP contribution is 2.29. The molecule has 0 aliphatic carbocycles. The third-order valence-electron chi connectivity index (χ3n) is 3.46. The Balaban J connectivity index is 2.70. The number of ether oxygens (including phenoxy) is 4. The average molecular weight is 382 g/mol. The lowest BCUT2D eigenvalue weighted by Crippen LogP contribution is -2.33. The predicted octanol–water partition coefficient (Wildman–Crippen LogP) is 1.84. The molecule has 0 saturated carbocycles. The molecule has 0 radical (unpaired) electrons. The van der Waals surface area contributed by atoms with Gasteiger partial charge in [0.2, 0.25) is 6.79 Å². The van der Waals surface area contributed by atoms with Gasteiger partial charge in [0.15, 0.2) is 17.2 Å². The molecule has 0 fully saturated rings. The zero-order chi connectivity index (χ0) is 20.2. The summed E-state index contributed by atoms with van der Waals surface area (Å²) >= 11 is 0. The second-order valence-corrected chi connectivity index (χ2v) is 5.71. The zero-order valence-electron chi connectivity index (χ0n) is 16.1. The highest BCUT2D eigenvalue weighted by molar-refractivity contribution is 5.97. The van der Waals surface area contributed by atoms with Gasteiger partial charge in [-0.25, -0.2) is 4.98 Å². The van der Waals surface area contributed by atoms with Gasteiger partial charge in [-0.1, -0.05) is 19.8 Å². The number of nitrogens with one attached hydrogen (secondary N) is 1. The molecular formula is C18H26N2O7. The first-order valence-corrected chi connectivity index (χ1v) is 8.65. The molecule has 1 amide bonds. The summed E-state index contributed by atoms with van der Waals surface area (Å²) in [5.74, 6) is -1.49. The van der Waals surface area contributed by atoms with Crippen molar-refractivity contribution in [2.24, 2.45) is 0 Å². The molecule has 1 atom stereocenters. The molecule has 1 N–H and O–H groups in total. The number of esters is 2. The van der Waals surface area contributed by atoms with Gasteiger partial charge in [-0.05, 0) is 13.3 Å². The third-order valence-corrected chi connectivity index (χ3v) is 3.46. The topological polar surface area (TPSA) is 113 Å². The first-order chi connectivity index (χ1) is 12.9. The molecule has 0 aromatic carbocycles. The Morgan fingerprint density at radius 2 is 2.04 bits per heavy atom. The lowest BCUT2D eigenvalue weighted by Gasteiger charge is -2.15. The van der Waals surface area contributed by atoms with Gasteiger partial charge in [0, 0.05) is 19.2 Å². The normalized spacial score (nSPS) is 11.3. The molecule has 9 heteroatoms. The van der Waals surface area contributed by atoms with Crippen molar-refractivity contribution in [3.05, 3.63) is 18.0 Å².